The Labute approximate surface area is 167 Å². The molecule has 1 unspecified atom stereocenters. The highest BCUT2D eigenvalue weighted by Crippen LogP contribution is 2.24. The molecular formula is C20H24F3N3O3. The summed E-state index contributed by atoms with van der Waals surface area (Å²) in [4.78, 5) is 28.3. The average Bonchev–Trinajstić information content (AvgIpc) is 3.15. The summed E-state index contributed by atoms with van der Waals surface area (Å²) in [6, 6.07) is 5.00. The zero-order chi connectivity index (χ0) is 20.9. The summed E-state index contributed by atoms with van der Waals surface area (Å²) in [6.45, 7) is 2.56. The van der Waals surface area contributed by atoms with E-state index < -0.39 is 6.36 Å². The van der Waals surface area contributed by atoms with E-state index in [2.05, 4.69) is 22.2 Å². The van der Waals surface area contributed by atoms with Crippen molar-refractivity contribution in [3.63, 3.8) is 0 Å². The van der Waals surface area contributed by atoms with Gasteiger partial charge < -0.3 is 15.0 Å². The van der Waals surface area contributed by atoms with Crippen LogP contribution in [-0.2, 0) is 9.59 Å². The lowest BCUT2D eigenvalue weighted by Crippen LogP contribution is -2.50. The van der Waals surface area contributed by atoms with Crippen LogP contribution in [0.25, 0.3) is 0 Å². The van der Waals surface area contributed by atoms with Gasteiger partial charge in [0, 0.05) is 38.3 Å². The molecule has 0 radical (unpaired) electrons. The van der Waals surface area contributed by atoms with Crippen molar-refractivity contribution >= 4 is 17.5 Å². The molecule has 1 aromatic rings. The summed E-state index contributed by atoms with van der Waals surface area (Å²) in [5, 5.41) is 2.66. The van der Waals surface area contributed by atoms with E-state index in [0.717, 1.165) is 25.0 Å². The van der Waals surface area contributed by atoms with E-state index in [1.807, 2.05) is 9.80 Å². The van der Waals surface area contributed by atoms with Crippen LogP contribution >= 0.6 is 0 Å². The van der Waals surface area contributed by atoms with Crippen LogP contribution in [0.15, 0.2) is 36.4 Å². The van der Waals surface area contributed by atoms with Crippen LogP contribution in [0.2, 0.25) is 0 Å². The molecule has 1 fully saturated rings. The number of ether oxygens (including phenoxy) is 1. The second-order valence-corrected chi connectivity index (χ2v) is 7.25. The Morgan fingerprint density at radius 2 is 1.79 bits per heavy atom. The molecule has 1 N–H and O–H groups in total. The molecule has 0 spiro atoms. The second-order valence-electron chi connectivity index (χ2n) is 7.25. The number of piperazine rings is 1. The van der Waals surface area contributed by atoms with Crippen molar-refractivity contribution in [1.82, 2.24) is 9.80 Å². The fraction of sp³-hybridized carbons (Fsp3) is 0.500. The van der Waals surface area contributed by atoms with Gasteiger partial charge in [-0.25, -0.2) is 0 Å². The molecule has 1 aromatic carbocycles. The molecule has 6 nitrogen and oxygen atoms in total. The largest absolute Gasteiger partial charge is 0.573 e. The molecule has 1 saturated heterocycles. The van der Waals surface area contributed by atoms with Gasteiger partial charge in [0.05, 0.1) is 6.54 Å². The summed E-state index contributed by atoms with van der Waals surface area (Å²) < 4.78 is 40.3. The van der Waals surface area contributed by atoms with Gasteiger partial charge in [-0.3, -0.25) is 14.5 Å². The van der Waals surface area contributed by atoms with Crippen LogP contribution in [0.1, 0.15) is 19.3 Å². The third kappa shape index (κ3) is 6.77. The van der Waals surface area contributed by atoms with Crippen LogP contribution in [0.4, 0.5) is 18.9 Å². The van der Waals surface area contributed by atoms with Crippen molar-refractivity contribution in [2.75, 3.05) is 38.0 Å². The molecule has 1 aliphatic heterocycles. The number of hydrogen-bond acceptors (Lipinski definition) is 4. The standard InChI is InChI=1S/C20H24F3N3O3/c21-20(22,23)29-17-7-5-16(6-8-17)24-18(27)14-25-9-11-26(12-10-25)19(28)13-15-3-1-2-4-15/h1,3,5-8,15H,2,4,9-14H2,(H,24,27). The highest BCUT2D eigenvalue weighted by Gasteiger charge is 2.31. The van der Waals surface area contributed by atoms with Gasteiger partial charge in [-0.1, -0.05) is 12.2 Å². The predicted molar refractivity (Wildman–Crippen MR) is 101 cm³/mol. The lowest BCUT2D eigenvalue weighted by Gasteiger charge is -2.34. The number of anilines is 1. The van der Waals surface area contributed by atoms with Gasteiger partial charge in [0.25, 0.3) is 0 Å². The molecule has 158 valence electrons. The van der Waals surface area contributed by atoms with Crippen molar-refractivity contribution in [3.8, 4) is 5.75 Å². The van der Waals surface area contributed by atoms with Crippen molar-refractivity contribution in [3.05, 3.63) is 36.4 Å². The summed E-state index contributed by atoms with van der Waals surface area (Å²) in [6.07, 6.45) is 2.10. The minimum atomic E-state index is -4.75. The highest BCUT2D eigenvalue weighted by molar-refractivity contribution is 5.92. The first kappa shape index (κ1) is 21.2. The molecule has 2 aliphatic rings. The number of benzene rings is 1. The van der Waals surface area contributed by atoms with Gasteiger partial charge >= 0.3 is 6.36 Å². The number of nitrogens with one attached hydrogen (secondary N) is 1. The fourth-order valence-corrected chi connectivity index (χ4v) is 3.52. The Morgan fingerprint density at radius 1 is 1.10 bits per heavy atom. The Kier molecular flexibility index (Phi) is 6.79. The lowest BCUT2D eigenvalue weighted by atomic mass is 10.0. The van der Waals surface area contributed by atoms with E-state index in [0.29, 0.717) is 44.2 Å². The first-order chi connectivity index (χ1) is 13.8. The Hall–Kier alpha value is -2.55. The maximum Gasteiger partial charge on any atom is 0.573 e. The molecule has 0 bridgehead atoms. The number of halogens is 3. The van der Waals surface area contributed by atoms with E-state index in [9.17, 15) is 22.8 Å². The number of carbonyl (C=O) groups excluding carboxylic acids is 2. The van der Waals surface area contributed by atoms with E-state index in [1.165, 1.54) is 12.1 Å². The average molecular weight is 411 g/mol. The molecule has 29 heavy (non-hydrogen) atoms. The third-order valence-corrected chi connectivity index (χ3v) is 5.01. The van der Waals surface area contributed by atoms with Crippen molar-refractivity contribution in [2.45, 2.75) is 25.6 Å². The first-order valence-electron chi connectivity index (χ1n) is 9.61. The smallest absolute Gasteiger partial charge is 0.406 e. The third-order valence-electron chi connectivity index (χ3n) is 5.01. The Morgan fingerprint density at radius 3 is 2.38 bits per heavy atom. The van der Waals surface area contributed by atoms with Gasteiger partial charge in [-0.15, -0.1) is 13.2 Å². The Balaban J connectivity index is 1.39. The van der Waals surface area contributed by atoms with Crippen molar-refractivity contribution in [2.24, 2.45) is 5.92 Å². The SMILES string of the molecule is O=C(CN1CCN(C(=O)CC2C=CCC2)CC1)Nc1ccc(OC(F)(F)F)cc1. The normalized spacial score (nSPS) is 20.0. The zero-order valence-corrected chi connectivity index (χ0v) is 16.0. The molecule has 1 heterocycles. The number of carbonyl (C=O) groups is 2. The van der Waals surface area contributed by atoms with Crippen LogP contribution in [-0.4, -0.2) is 60.7 Å². The van der Waals surface area contributed by atoms with Gasteiger partial charge in [0.2, 0.25) is 11.8 Å². The zero-order valence-electron chi connectivity index (χ0n) is 16.0. The predicted octanol–water partition coefficient (Wildman–Crippen LogP) is 3.02. The molecule has 1 atom stereocenters. The van der Waals surface area contributed by atoms with Gasteiger partial charge in [-0.05, 0) is 43.0 Å². The Bertz CT molecular complexity index is 742. The maximum atomic E-state index is 12.4. The second kappa shape index (κ2) is 9.30. The van der Waals surface area contributed by atoms with E-state index in [-0.39, 0.29) is 24.1 Å². The summed E-state index contributed by atoms with van der Waals surface area (Å²) >= 11 is 0. The topological polar surface area (TPSA) is 61.9 Å². The quantitative estimate of drug-likeness (QED) is 0.731. The summed E-state index contributed by atoms with van der Waals surface area (Å²) in [5.41, 5.74) is 0.392. The van der Waals surface area contributed by atoms with Crippen molar-refractivity contribution < 1.29 is 27.5 Å². The maximum absolute atomic E-state index is 12.4. The van der Waals surface area contributed by atoms with Crippen LogP contribution in [0.3, 0.4) is 0 Å². The number of amides is 2. The first-order valence-corrected chi connectivity index (χ1v) is 9.61. The van der Waals surface area contributed by atoms with Gasteiger partial charge in [-0.2, -0.15) is 0 Å². The highest BCUT2D eigenvalue weighted by atomic mass is 19.4. The van der Waals surface area contributed by atoms with Crippen LogP contribution in [0.5, 0.6) is 5.75 Å². The molecule has 1 aliphatic carbocycles. The summed E-state index contributed by atoms with van der Waals surface area (Å²) in [5.74, 6) is -0.0965. The van der Waals surface area contributed by atoms with E-state index >= 15 is 0 Å². The van der Waals surface area contributed by atoms with Gasteiger partial charge in [0.1, 0.15) is 5.75 Å². The number of rotatable bonds is 6. The molecule has 0 saturated carbocycles. The van der Waals surface area contributed by atoms with Gasteiger partial charge in [0.15, 0.2) is 0 Å². The van der Waals surface area contributed by atoms with E-state index in [4.69, 9.17) is 0 Å². The minimum absolute atomic E-state index is 0.159. The van der Waals surface area contributed by atoms with E-state index in [1.54, 1.807) is 0 Å². The molecule has 2 amide bonds. The van der Waals surface area contributed by atoms with Crippen LogP contribution in [0, 0.1) is 5.92 Å². The molecule has 0 aromatic heterocycles. The number of allylic oxidation sites excluding steroid dienone is 2. The minimum Gasteiger partial charge on any atom is -0.406 e. The summed E-state index contributed by atoms with van der Waals surface area (Å²) in [7, 11) is 0. The monoisotopic (exact) mass is 411 g/mol. The lowest BCUT2D eigenvalue weighted by molar-refractivity contribution is -0.274. The number of alkyl halides is 3. The molecular weight excluding hydrogens is 387 g/mol. The molecule has 3 rings (SSSR count). The van der Waals surface area contributed by atoms with Crippen LogP contribution < -0.4 is 10.1 Å². The number of hydrogen-bond donors (Lipinski definition) is 1. The fourth-order valence-electron chi connectivity index (χ4n) is 3.52. The van der Waals surface area contributed by atoms with Crippen molar-refractivity contribution in [1.29, 1.82) is 0 Å². The number of nitrogens with zero attached hydrogens (tertiary/aromatic N) is 2. The molecule has 9 heteroatoms.